The van der Waals surface area contributed by atoms with Gasteiger partial charge in [0, 0.05) is 43.8 Å². The molecule has 0 atom stereocenters. The first-order valence-electron chi connectivity index (χ1n) is 9.68. The van der Waals surface area contributed by atoms with Gasteiger partial charge in [0.1, 0.15) is 5.75 Å². The molecule has 3 rings (SSSR count). The lowest BCUT2D eigenvalue weighted by Gasteiger charge is -2.19. The highest BCUT2D eigenvalue weighted by Crippen LogP contribution is 2.31. The third-order valence-corrected chi connectivity index (χ3v) is 5.29. The molecule has 7 nitrogen and oxygen atoms in total. The summed E-state index contributed by atoms with van der Waals surface area (Å²) < 4.78 is 7.02. The summed E-state index contributed by atoms with van der Waals surface area (Å²) in [6, 6.07) is 9.48. The first-order chi connectivity index (χ1) is 14.7. The second-order valence-corrected chi connectivity index (χ2v) is 7.50. The molecule has 30 heavy (non-hydrogen) atoms. The lowest BCUT2D eigenvalue weighted by molar-refractivity contribution is -0.116. The van der Waals surface area contributed by atoms with Crippen LogP contribution in [0.15, 0.2) is 54.2 Å². The number of ether oxygens (including phenoxy) is 1. The minimum absolute atomic E-state index is 0.0203. The van der Waals surface area contributed by atoms with Gasteiger partial charge in [-0.15, -0.1) is 11.3 Å². The Labute approximate surface area is 179 Å². The van der Waals surface area contributed by atoms with Gasteiger partial charge in [-0.3, -0.25) is 14.7 Å². The summed E-state index contributed by atoms with van der Waals surface area (Å²) in [6.45, 7) is 1.99. The minimum Gasteiger partial charge on any atom is -0.455 e. The van der Waals surface area contributed by atoms with Crippen molar-refractivity contribution in [3.63, 3.8) is 0 Å². The Balaban J connectivity index is 1.49. The van der Waals surface area contributed by atoms with E-state index >= 15 is 0 Å². The Kier molecular flexibility index (Phi) is 8.34. The van der Waals surface area contributed by atoms with Crippen LogP contribution in [0.2, 0.25) is 0 Å². The molecular formula is C22H25N3O4S. The van der Waals surface area contributed by atoms with Crippen LogP contribution in [0.4, 0.5) is 0 Å². The number of rotatable bonds is 11. The Hall–Kier alpha value is -2.78. The summed E-state index contributed by atoms with van der Waals surface area (Å²) in [5, 5.41) is 23.8. The molecule has 1 amide bonds. The molecule has 0 spiro atoms. The first-order valence-corrected chi connectivity index (χ1v) is 10.6. The zero-order valence-electron chi connectivity index (χ0n) is 16.5. The van der Waals surface area contributed by atoms with Crippen LogP contribution < -0.4 is 10.1 Å². The molecule has 0 saturated carbocycles. The topological polar surface area (TPSA) is 94.9 Å². The van der Waals surface area contributed by atoms with Gasteiger partial charge in [0.05, 0.1) is 24.1 Å². The summed E-state index contributed by atoms with van der Waals surface area (Å²) in [6.07, 6.45) is 6.74. The smallest absolute Gasteiger partial charge is 0.244 e. The number of aromatic nitrogens is 1. The summed E-state index contributed by atoms with van der Waals surface area (Å²) in [5.74, 6) is 1.22. The van der Waals surface area contributed by atoms with E-state index in [2.05, 4.69) is 10.3 Å². The van der Waals surface area contributed by atoms with E-state index in [9.17, 15) is 4.79 Å². The molecule has 0 saturated heterocycles. The van der Waals surface area contributed by atoms with Gasteiger partial charge in [0.15, 0.2) is 5.75 Å². The number of aliphatic hydroxyl groups excluding tert-OH is 2. The van der Waals surface area contributed by atoms with Crippen molar-refractivity contribution >= 4 is 33.4 Å². The minimum atomic E-state index is -0.196. The summed E-state index contributed by atoms with van der Waals surface area (Å²) >= 11 is 1.62. The highest BCUT2D eigenvalue weighted by atomic mass is 32.1. The van der Waals surface area contributed by atoms with E-state index in [-0.39, 0.29) is 19.1 Å². The fourth-order valence-corrected chi connectivity index (χ4v) is 3.68. The van der Waals surface area contributed by atoms with Crippen LogP contribution in [0.1, 0.15) is 5.56 Å². The first kappa shape index (κ1) is 21.9. The number of hydrogen-bond donors (Lipinski definition) is 3. The normalized spacial score (nSPS) is 11.4. The quantitative estimate of drug-likeness (QED) is 0.407. The van der Waals surface area contributed by atoms with Gasteiger partial charge in [-0.05, 0) is 35.2 Å². The SMILES string of the molecule is O=C(/C=C/c1ccc(Oc2cncc3sccc23)cc1)NCCN(CCO)CCO. The number of carbonyl (C=O) groups excluding carboxylic acids is 1. The van der Waals surface area contributed by atoms with Crippen LogP contribution in [0.3, 0.4) is 0 Å². The van der Waals surface area contributed by atoms with Crippen molar-refractivity contribution in [1.82, 2.24) is 15.2 Å². The van der Waals surface area contributed by atoms with Crippen LogP contribution in [-0.2, 0) is 4.79 Å². The number of amides is 1. The standard InChI is InChI=1S/C22H25N3O4S/c26-12-10-25(11-13-27)9-8-24-22(28)6-3-17-1-4-18(5-2-17)29-20-15-23-16-21-19(20)7-14-30-21/h1-7,14-16,26-27H,8-13H2,(H,24,28)/b6-3+. The van der Waals surface area contributed by atoms with Crippen LogP contribution in [0, 0.1) is 0 Å². The molecule has 0 bridgehead atoms. The fraction of sp³-hybridized carbons (Fsp3) is 0.273. The number of carbonyl (C=O) groups is 1. The molecule has 2 aromatic heterocycles. The van der Waals surface area contributed by atoms with Crippen molar-refractivity contribution in [3.05, 3.63) is 59.7 Å². The summed E-state index contributed by atoms with van der Waals surface area (Å²) in [7, 11) is 0. The lowest BCUT2D eigenvalue weighted by atomic mass is 10.2. The largest absolute Gasteiger partial charge is 0.455 e. The van der Waals surface area contributed by atoms with Crippen molar-refractivity contribution in [1.29, 1.82) is 0 Å². The van der Waals surface area contributed by atoms with E-state index in [1.54, 1.807) is 23.6 Å². The molecule has 0 unspecified atom stereocenters. The van der Waals surface area contributed by atoms with Gasteiger partial charge in [0.25, 0.3) is 0 Å². The fourth-order valence-electron chi connectivity index (χ4n) is 2.91. The predicted molar refractivity (Wildman–Crippen MR) is 119 cm³/mol. The maximum absolute atomic E-state index is 12.0. The van der Waals surface area contributed by atoms with Gasteiger partial charge >= 0.3 is 0 Å². The monoisotopic (exact) mass is 427 g/mol. The van der Waals surface area contributed by atoms with E-state index in [0.29, 0.717) is 37.7 Å². The van der Waals surface area contributed by atoms with E-state index in [0.717, 1.165) is 15.6 Å². The van der Waals surface area contributed by atoms with Crippen LogP contribution in [0.25, 0.3) is 16.2 Å². The number of aliphatic hydroxyl groups is 2. The van der Waals surface area contributed by atoms with Crippen molar-refractivity contribution in [2.45, 2.75) is 0 Å². The van der Waals surface area contributed by atoms with Crippen molar-refractivity contribution in [3.8, 4) is 11.5 Å². The third-order valence-electron chi connectivity index (χ3n) is 4.44. The number of nitrogens with zero attached hydrogens (tertiary/aromatic N) is 2. The van der Waals surface area contributed by atoms with E-state index in [4.69, 9.17) is 14.9 Å². The summed E-state index contributed by atoms with van der Waals surface area (Å²) in [4.78, 5) is 18.1. The molecule has 0 aliphatic carbocycles. The molecule has 0 fully saturated rings. The maximum atomic E-state index is 12.0. The highest BCUT2D eigenvalue weighted by Gasteiger charge is 2.06. The Morgan fingerprint density at radius 2 is 1.87 bits per heavy atom. The number of pyridine rings is 1. The molecule has 0 aliphatic heterocycles. The number of fused-ring (bicyclic) bond motifs is 1. The zero-order chi connectivity index (χ0) is 21.2. The molecule has 2 heterocycles. The third kappa shape index (κ3) is 6.36. The predicted octanol–water partition coefficient (Wildman–Crippen LogP) is 2.50. The average molecular weight is 428 g/mol. The number of hydrogen-bond acceptors (Lipinski definition) is 7. The van der Waals surface area contributed by atoms with Gasteiger partial charge in [0.2, 0.25) is 5.91 Å². The number of thiophene rings is 1. The maximum Gasteiger partial charge on any atom is 0.244 e. The lowest BCUT2D eigenvalue weighted by Crippen LogP contribution is -2.37. The van der Waals surface area contributed by atoms with Crippen LogP contribution in [-0.4, -0.2) is 65.4 Å². The van der Waals surface area contributed by atoms with E-state index in [1.807, 2.05) is 46.8 Å². The zero-order valence-corrected chi connectivity index (χ0v) is 17.3. The molecule has 158 valence electrons. The van der Waals surface area contributed by atoms with Crippen LogP contribution in [0.5, 0.6) is 11.5 Å². The summed E-state index contributed by atoms with van der Waals surface area (Å²) in [5.41, 5.74) is 0.881. The molecular weight excluding hydrogens is 402 g/mol. The van der Waals surface area contributed by atoms with Crippen molar-refractivity contribution in [2.24, 2.45) is 0 Å². The molecule has 0 aliphatic rings. The van der Waals surface area contributed by atoms with Crippen LogP contribution >= 0.6 is 11.3 Å². The molecule has 0 radical (unpaired) electrons. The second kappa shape index (κ2) is 11.4. The Morgan fingerprint density at radius 1 is 1.10 bits per heavy atom. The van der Waals surface area contributed by atoms with Crippen molar-refractivity contribution in [2.75, 3.05) is 39.4 Å². The number of benzene rings is 1. The molecule has 8 heteroatoms. The van der Waals surface area contributed by atoms with Gasteiger partial charge in [-0.2, -0.15) is 0 Å². The van der Waals surface area contributed by atoms with Gasteiger partial charge in [-0.25, -0.2) is 0 Å². The Bertz CT molecular complexity index is 966. The second-order valence-electron chi connectivity index (χ2n) is 6.55. The molecule has 3 N–H and O–H groups in total. The van der Waals surface area contributed by atoms with Gasteiger partial charge in [-0.1, -0.05) is 12.1 Å². The highest BCUT2D eigenvalue weighted by molar-refractivity contribution is 7.17. The average Bonchev–Trinajstić information content (AvgIpc) is 3.23. The molecule has 1 aromatic carbocycles. The molecule has 3 aromatic rings. The Morgan fingerprint density at radius 3 is 2.60 bits per heavy atom. The van der Waals surface area contributed by atoms with Crippen molar-refractivity contribution < 1.29 is 19.7 Å². The van der Waals surface area contributed by atoms with E-state index in [1.165, 1.54) is 6.08 Å². The number of nitrogens with one attached hydrogen (secondary N) is 1. The van der Waals surface area contributed by atoms with Gasteiger partial charge < -0.3 is 20.3 Å². The van der Waals surface area contributed by atoms with E-state index < -0.39 is 0 Å².